The molecule has 0 aliphatic heterocycles. The number of para-hydroxylation sites is 1. The quantitative estimate of drug-likeness (QED) is 0.722. The lowest BCUT2D eigenvalue weighted by Crippen LogP contribution is -2.40. The van der Waals surface area contributed by atoms with E-state index >= 15 is 0 Å². The molecular formula is C20H22ClFN2O. The highest BCUT2D eigenvalue weighted by Crippen LogP contribution is 2.31. The lowest BCUT2D eigenvalue weighted by Gasteiger charge is -2.27. The van der Waals surface area contributed by atoms with Gasteiger partial charge in [0.25, 0.3) is 0 Å². The Morgan fingerprint density at radius 3 is 2.52 bits per heavy atom. The molecule has 0 unspecified atom stereocenters. The summed E-state index contributed by atoms with van der Waals surface area (Å²) in [6.07, 6.45) is 5.97. The Morgan fingerprint density at radius 2 is 1.80 bits per heavy atom. The van der Waals surface area contributed by atoms with Gasteiger partial charge in [-0.3, -0.25) is 4.90 Å². The Hall–Kier alpha value is -2.07. The molecule has 3 rings (SSSR count). The predicted molar refractivity (Wildman–Crippen MR) is 100.0 cm³/mol. The zero-order valence-corrected chi connectivity index (χ0v) is 14.8. The highest BCUT2D eigenvalue weighted by Gasteiger charge is 2.23. The first-order chi connectivity index (χ1) is 12.2. The van der Waals surface area contributed by atoms with Crippen molar-refractivity contribution < 1.29 is 9.18 Å². The average molecular weight is 361 g/mol. The van der Waals surface area contributed by atoms with Crippen LogP contribution in [-0.2, 0) is 0 Å². The normalized spacial score (nSPS) is 15.0. The minimum atomic E-state index is -0.596. The Morgan fingerprint density at radius 1 is 1.08 bits per heavy atom. The van der Waals surface area contributed by atoms with Gasteiger partial charge in [-0.05, 0) is 43.0 Å². The Kier molecular flexibility index (Phi) is 5.92. The molecule has 0 spiro atoms. The van der Waals surface area contributed by atoms with Crippen molar-refractivity contribution in [3.05, 3.63) is 59.4 Å². The van der Waals surface area contributed by atoms with Gasteiger partial charge in [0.2, 0.25) is 0 Å². The van der Waals surface area contributed by atoms with Crippen molar-refractivity contribution in [2.75, 3.05) is 11.4 Å². The second-order valence-corrected chi connectivity index (χ2v) is 6.84. The summed E-state index contributed by atoms with van der Waals surface area (Å²) in [4.78, 5) is 14.2. The van der Waals surface area contributed by atoms with Gasteiger partial charge in [-0.2, -0.15) is 0 Å². The van der Waals surface area contributed by atoms with E-state index in [2.05, 4.69) is 5.32 Å². The van der Waals surface area contributed by atoms with Crippen LogP contribution in [-0.4, -0.2) is 12.6 Å². The van der Waals surface area contributed by atoms with Crippen LogP contribution in [0.3, 0.4) is 0 Å². The number of rotatable bonds is 4. The lowest BCUT2D eigenvalue weighted by atomic mass is 9.89. The smallest absolute Gasteiger partial charge is 0.326 e. The van der Waals surface area contributed by atoms with Crippen molar-refractivity contribution in [2.24, 2.45) is 5.92 Å². The van der Waals surface area contributed by atoms with E-state index < -0.39 is 5.82 Å². The number of nitrogens with zero attached hydrogens (tertiary/aromatic N) is 1. The van der Waals surface area contributed by atoms with Crippen LogP contribution in [0.25, 0.3) is 0 Å². The second kappa shape index (κ2) is 8.34. The number of amides is 2. The van der Waals surface area contributed by atoms with Gasteiger partial charge in [0, 0.05) is 6.54 Å². The Labute approximate surface area is 152 Å². The molecular weight excluding hydrogens is 339 g/mol. The van der Waals surface area contributed by atoms with Gasteiger partial charge >= 0.3 is 6.03 Å². The van der Waals surface area contributed by atoms with Crippen LogP contribution < -0.4 is 10.2 Å². The number of carbonyl (C=O) groups excluding carboxylic acids is 1. The highest BCUT2D eigenvalue weighted by atomic mass is 35.5. The lowest BCUT2D eigenvalue weighted by molar-refractivity contribution is 0.243. The molecule has 0 atom stereocenters. The number of hydrogen-bond donors (Lipinski definition) is 1. The van der Waals surface area contributed by atoms with Gasteiger partial charge in [-0.15, -0.1) is 0 Å². The molecule has 25 heavy (non-hydrogen) atoms. The zero-order chi connectivity index (χ0) is 17.6. The van der Waals surface area contributed by atoms with Crippen molar-refractivity contribution in [2.45, 2.75) is 32.1 Å². The van der Waals surface area contributed by atoms with Crippen LogP contribution in [0.2, 0.25) is 5.02 Å². The highest BCUT2D eigenvalue weighted by molar-refractivity contribution is 6.31. The summed E-state index contributed by atoms with van der Waals surface area (Å²) in [5, 5.41) is 2.97. The number of halogens is 2. The number of urea groups is 1. The van der Waals surface area contributed by atoms with Gasteiger partial charge in [-0.1, -0.05) is 55.1 Å². The van der Waals surface area contributed by atoms with Crippen LogP contribution in [0.5, 0.6) is 0 Å². The van der Waals surface area contributed by atoms with E-state index in [0.717, 1.165) is 12.8 Å². The van der Waals surface area contributed by atoms with Gasteiger partial charge < -0.3 is 5.32 Å². The third kappa shape index (κ3) is 4.31. The van der Waals surface area contributed by atoms with Crippen LogP contribution in [0.4, 0.5) is 20.6 Å². The van der Waals surface area contributed by atoms with Crippen LogP contribution in [0.1, 0.15) is 32.1 Å². The molecule has 0 saturated heterocycles. The van der Waals surface area contributed by atoms with Crippen LogP contribution in [0.15, 0.2) is 48.5 Å². The molecule has 2 amide bonds. The number of benzene rings is 2. The molecule has 2 aromatic carbocycles. The molecule has 3 nitrogen and oxygen atoms in total. The molecule has 0 aromatic heterocycles. The maximum Gasteiger partial charge on any atom is 0.326 e. The van der Waals surface area contributed by atoms with Crippen molar-refractivity contribution in [1.82, 2.24) is 5.32 Å². The first-order valence-corrected chi connectivity index (χ1v) is 9.11. The summed E-state index contributed by atoms with van der Waals surface area (Å²) >= 11 is 5.92. The molecule has 1 aliphatic rings. The standard InChI is InChI=1S/C20H22ClFN2O/c21-17-12-7-13-18(19(17)22)24(16-10-5-2-6-11-16)20(25)23-14-15-8-3-1-4-9-15/h2,5-7,10-13,15H,1,3-4,8-9,14H2,(H,23,25). The van der Waals surface area contributed by atoms with E-state index in [4.69, 9.17) is 11.6 Å². The van der Waals surface area contributed by atoms with Crippen molar-refractivity contribution in [3.8, 4) is 0 Å². The number of carbonyl (C=O) groups is 1. The van der Waals surface area contributed by atoms with Gasteiger partial charge in [0.15, 0.2) is 5.82 Å². The SMILES string of the molecule is O=C(NCC1CCCCC1)N(c1ccccc1)c1cccc(Cl)c1F. The van der Waals surface area contributed by atoms with Crippen molar-refractivity contribution in [1.29, 1.82) is 0 Å². The summed E-state index contributed by atoms with van der Waals surface area (Å²) in [6.45, 7) is 0.615. The van der Waals surface area contributed by atoms with Crippen molar-refractivity contribution in [3.63, 3.8) is 0 Å². The van der Waals surface area contributed by atoms with Gasteiger partial charge in [0.05, 0.1) is 16.4 Å². The summed E-state index contributed by atoms with van der Waals surface area (Å²) in [6, 6.07) is 13.4. The number of hydrogen-bond acceptors (Lipinski definition) is 1. The van der Waals surface area contributed by atoms with Crippen LogP contribution >= 0.6 is 11.6 Å². The maximum absolute atomic E-state index is 14.5. The summed E-state index contributed by atoms with van der Waals surface area (Å²) in [7, 11) is 0. The van der Waals surface area contributed by atoms with E-state index in [-0.39, 0.29) is 16.7 Å². The van der Waals surface area contributed by atoms with E-state index in [1.54, 1.807) is 24.3 Å². The fourth-order valence-electron chi connectivity index (χ4n) is 3.31. The fraction of sp³-hybridized carbons (Fsp3) is 0.350. The van der Waals surface area contributed by atoms with Gasteiger partial charge in [-0.25, -0.2) is 9.18 Å². The Balaban J connectivity index is 1.83. The maximum atomic E-state index is 14.5. The van der Waals surface area contributed by atoms with Crippen LogP contribution in [0, 0.1) is 11.7 Å². The molecule has 2 aromatic rings. The minimum Gasteiger partial charge on any atom is -0.337 e. The summed E-state index contributed by atoms with van der Waals surface area (Å²) in [5.41, 5.74) is 0.754. The molecule has 0 heterocycles. The number of anilines is 2. The topological polar surface area (TPSA) is 32.3 Å². The second-order valence-electron chi connectivity index (χ2n) is 6.43. The molecule has 1 saturated carbocycles. The van der Waals surface area contributed by atoms with E-state index in [1.807, 2.05) is 18.2 Å². The first kappa shape index (κ1) is 17.7. The van der Waals surface area contributed by atoms with Gasteiger partial charge in [0.1, 0.15) is 0 Å². The van der Waals surface area contributed by atoms with Crippen molar-refractivity contribution >= 4 is 29.0 Å². The zero-order valence-electron chi connectivity index (χ0n) is 14.1. The number of nitrogens with one attached hydrogen (secondary N) is 1. The molecule has 132 valence electrons. The third-order valence-corrected chi connectivity index (χ3v) is 4.95. The first-order valence-electron chi connectivity index (χ1n) is 8.74. The molecule has 0 bridgehead atoms. The predicted octanol–water partition coefficient (Wildman–Crippen LogP) is 5.91. The average Bonchev–Trinajstić information content (AvgIpc) is 2.65. The minimum absolute atomic E-state index is 0.00138. The summed E-state index contributed by atoms with van der Waals surface area (Å²) in [5.74, 6) is -0.0969. The molecule has 0 radical (unpaired) electrons. The summed E-state index contributed by atoms with van der Waals surface area (Å²) < 4.78 is 14.5. The fourth-order valence-corrected chi connectivity index (χ4v) is 3.48. The van der Waals surface area contributed by atoms with E-state index in [0.29, 0.717) is 18.2 Å². The largest absolute Gasteiger partial charge is 0.337 e. The molecule has 5 heteroatoms. The molecule has 1 N–H and O–H groups in total. The monoisotopic (exact) mass is 360 g/mol. The van der Waals surface area contributed by atoms with E-state index in [9.17, 15) is 9.18 Å². The molecule has 1 fully saturated rings. The Bertz CT molecular complexity index is 717. The van der Waals surface area contributed by atoms with E-state index in [1.165, 1.54) is 30.2 Å². The third-order valence-electron chi connectivity index (χ3n) is 4.66. The molecule has 1 aliphatic carbocycles.